The van der Waals surface area contributed by atoms with Crippen molar-refractivity contribution in [3.8, 4) is 0 Å². The average molecular weight is 419 g/mol. The summed E-state index contributed by atoms with van der Waals surface area (Å²) in [4.78, 5) is 52.6. The van der Waals surface area contributed by atoms with Gasteiger partial charge < -0.3 is 21.4 Å². The number of carbonyl (C=O) groups is 4. The first-order valence-corrected chi connectivity index (χ1v) is 9.79. The van der Waals surface area contributed by atoms with Gasteiger partial charge in [-0.3, -0.25) is 19.3 Å². The number of carbonyl (C=O) groups excluding carboxylic acids is 4. The second-order valence-corrected chi connectivity index (χ2v) is 7.30. The molecule has 1 saturated heterocycles. The molecule has 5 N–H and O–H groups in total. The van der Waals surface area contributed by atoms with E-state index < -0.39 is 29.8 Å². The standard InChI is InChI=1S/C22H21N5O4/c23-20(29)13-5-7-15(8-6-13)25-19(28)11-18-21(30)27(22(31)26-18)10-9-14-12-24-17-4-2-1-3-16(14)17/h1-8,12,18,24H,9-11H2,(H2,23,29)(H,25,28)(H,26,31)/t18-/m0/s1. The maximum atomic E-state index is 12.6. The number of H-pyrrole nitrogens is 1. The normalized spacial score (nSPS) is 15.9. The average Bonchev–Trinajstić information content (AvgIpc) is 3.27. The number of benzene rings is 2. The number of aromatic amines is 1. The third-order valence-corrected chi connectivity index (χ3v) is 5.23. The van der Waals surface area contributed by atoms with Crippen molar-refractivity contribution in [1.29, 1.82) is 0 Å². The molecule has 5 amide bonds. The first-order chi connectivity index (χ1) is 14.9. The van der Waals surface area contributed by atoms with Gasteiger partial charge in [-0.15, -0.1) is 0 Å². The topological polar surface area (TPSA) is 137 Å². The van der Waals surface area contributed by atoms with Gasteiger partial charge in [0, 0.05) is 34.9 Å². The second-order valence-electron chi connectivity index (χ2n) is 7.30. The summed E-state index contributed by atoms with van der Waals surface area (Å²) >= 11 is 0. The van der Waals surface area contributed by atoms with E-state index in [0.717, 1.165) is 21.4 Å². The van der Waals surface area contributed by atoms with Crippen LogP contribution in [0.4, 0.5) is 10.5 Å². The number of hydrogen-bond acceptors (Lipinski definition) is 4. The van der Waals surface area contributed by atoms with Crippen LogP contribution in [0.5, 0.6) is 0 Å². The number of urea groups is 1. The molecule has 3 aromatic rings. The zero-order valence-corrected chi connectivity index (χ0v) is 16.6. The van der Waals surface area contributed by atoms with Crippen molar-refractivity contribution in [2.45, 2.75) is 18.9 Å². The van der Waals surface area contributed by atoms with Crippen molar-refractivity contribution in [3.63, 3.8) is 0 Å². The lowest BCUT2D eigenvalue weighted by Crippen LogP contribution is -2.34. The molecule has 0 saturated carbocycles. The van der Waals surface area contributed by atoms with E-state index >= 15 is 0 Å². The van der Waals surface area contributed by atoms with E-state index in [2.05, 4.69) is 15.6 Å². The van der Waals surface area contributed by atoms with E-state index in [1.165, 1.54) is 12.1 Å². The molecular formula is C22H21N5O4. The summed E-state index contributed by atoms with van der Waals surface area (Å²) in [7, 11) is 0. The van der Waals surface area contributed by atoms with Gasteiger partial charge in [0.25, 0.3) is 5.91 Å². The van der Waals surface area contributed by atoms with Crippen LogP contribution in [-0.2, 0) is 16.0 Å². The van der Waals surface area contributed by atoms with Crippen LogP contribution >= 0.6 is 0 Å². The fraction of sp³-hybridized carbons (Fsp3) is 0.182. The van der Waals surface area contributed by atoms with Crippen molar-refractivity contribution in [2.75, 3.05) is 11.9 Å². The van der Waals surface area contributed by atoms with Crippen LogP contribution in [0.1, 0.15) is 22.3 Å². The van der Waals surface area contributed by atoms with Crippen LogP contribution in [0, 0.1) is 0 Å². The maximum absolute atomic E-state index is 12.6. The van der Waals surface area contributed by atoms with Gasteiger partial charge in [-0.05, 0) is 42.3 Å². The number of nitrogens with two attached hydrogens (primary N) is 1. The summed E-state index contributed by atoms with van der Waals surface area (Å²) in [6.45, 7) is 0.221. The minimum absolute atomic E-state index is 0.189. The molecule has 1 atom stereocenters. The number of aromatic nitrogens is 1. The van der Waals surface area contributed by atoms with E-state index in [-0.39, 0.29) is 13.0 Å². The molecule has 9 heteroatoms. The Balaban J connectivity index is 1.34. The van der Waals surface area contributed by atoms with Gasteiger partial charge in [-0.1, -0.05) is 18.2 Å². The quantitative estimate of drug-likeness (QED) is 0.434. The summed E-state index contributed by atoms with van der Waals surface area (Å²) in [6, 6.07) is 12.5. The number of para-hydroxylation sites is 1. The molecule has 1 aliphatic rings. The zero-order valence-electron chi connectivity index (χ0n) is 16.6. The lowest BCUT2D eigenvalue weighted by Gasteiger charge is -2.13. The van der Waals surface area contributed by atoms with E-state index in [0.29, 0.717) is 17.7 Å². The number of imide groups is 1. The summed E-state index contributed by atoms with van der Waals surface area (Å²) in [6.07, 6.45) is 2.19. The second kappa shape index (κ2) is 8.31. The highest BCUT2D eigenvalue weighted by Crippen LogP contribution is 2.19. The Bertz CT molecular complexity index is 1170. The van der Waals surface area contributed by atoms with Crippen molar-refractivity contribution in [1.82, 2.24) is 15.2 Å². The molecule has 0 spiro atoms. The molecule has 1 aromatic heterocycles. The van der Waals surface area contributed by atoms with Gasteiger partial charge in [0.2, 0.25) is 11.8 Å². The number of amides is 5. The number of hydrogen-bond donors (Lipinski definition) is 4. The van der Waals surface area contributed by atoms with Crippen LogP contribution < -0.4 is 16.4 Å². The summed E-state index contributed by atoms with van der Waals surface area (Å²) in [5, 5.41) is 6.26. The van der Waals surface area contributed by atoms with Crippen molar-refractivity contribution in [3.05, 3.63) is 65.9 Å². The number of fused-ring (bicyclic) bond motifs is 1. The fourth-order valence-electron chi connectivity index (χ4n) is 3.61. The van der Waals surface area contributed by atoms with Crippen molar-refractivity contribution in [2.24, 2.45) is 5.73 Å². The van der Waals surface area contributed by atoms with Gasteiger partial charge >= 0.3 is 6.03 Å². The predicted octanol–water partition coefficient (Wildman–Crippen LogP) is 1.76. The Morgan fingerprint density at radius 2 is 1.81 bits per heavy atom. The van der Waals surface area contributed by atoms with Crippen molar-refractivity contribution >= 4 is 40.3 Å². The molecule has 4 rings (SSSR count). The van der Waals surface area contributed by atoms with E-state index in [1.54, 1.807) is 12.1 Å². The van der Waals surface area contributed by atoms with Gasteiger partial charge in [0.05, 0.1) is 6.42 Å². The number of nitrogens with zero attached hydrogens (tertiary/aromatic N) is 1. The molecule has 9 nitrogen and oxygen atoms in total. The molecule has 1 fully saturated rings. The minimum Gasteiger partial charge on any atom is -0.366 e. The number of rotatable bonds is 7. The Kier molecular flexibility index (Phi) is 5.40. The Morgan fingerprint density at radius 3 is 2.55 bits per heavy atom. The third kappa shape index (κ3) is 4.25. The van der Waals surface area contributed by atoms with E-state index in [1.807, 2.05) is 30.5 Å². The fourth-order valence-corrected chi connectivity index (χ4v) is 3.61. The SMILES string of the molecule is NC(=O)c1ccc(NC(=O)C[C@@H]2NC(=O)N(CCc3c[nH]c4ccccc34)C2=O)cc1. The van der Waals surface area contributed by atoms with Gasteiger partial charge in [0.15, 0.2) is 0 Å². The van der Waals surface area contributed by atoms with Crippen LogP contribution in [0.25, 0.3) is 10.9 Å². The van der Waals surface area contributed by atoms with E-state index in [4.69, 9.17) is 5.73 Å². The molecule has 0 bridgehead atoms. The number of nitrogens with one attached hydrogen (secondary N) is 3. The smallest absolute Gasteiger partial charge is 0.324 e. The Labute approximate surface area is 177 Å². The molecule has 31 heavy (non-hydrogen) atoms. The zero-order chi connectivity index (χ0) is 22.0. The highest BCUT2D eigenvalue weighted by molar-refractivity contribution is 6.07. The first-order valence-electron chi connectivity index (χ1n) is 9.79. The largest absolute Gasteiger partial charge is 0.366 e. The number of anilines is 1. The molecule has 2 heterocycles. The van der Waals surface area contributed by atoms with E-state index in [9.17, 15) is 19.2 Å². The molecule has 0 aliphatic carbocycles. The summed E-state index contributed by atoms with van der Waals surface area (Å²) in [5.41, 5.74) is 7.97. The number of primary amides is 1. The molecule has 0 unspecified atom stereocenters. The molecule has 158 valence electrons. The molecular weight excluding hydrogens is 398 g/mol. The minimum atomic E-state index is -0.916. The highest BCUT2D eigenvalue weighted by atomic mass is 16.2. The lowest BCUT2D eigenvalue weighted by molar-refractivity contribution is -0.129. The highest BCUT2D eigenvalue weighted by Gasteiger charge is 2.38. The molecule has 0 radical (unpaired) electrons. The molecule has 2 aromatic carbocycles. The van der Waals surface area contributed by atoms with Gasteiger partial charge in [-0.25, -0.2) is 4.79 Å². The van der Waals surface area contributed by atoms with Crippen LogP contribution in [0.3, 0.4) is 0 Å². The predicted molar refractivity (Wildman–Crippen MR) is 114 cm³/mol. The first kappa shape index (κ1) is 20.1. The molecule has 1 aliphatic heterocycles. The van der Waals surface area contributed by atoms with Gasteiger partial charge in [0.1, 0.15) is 6.04 Å². The third-order valence-electron chi connectivity index (χ3n) is 5.23. The van der Waals surface area contributed by atoms with Crippen LogP contribution in [0.15, 0.2) is 54.7 Å². The van der Waals surface area contributed by atoms with Crippen LogP contribution in [0.2, 0.25) is 0 Å². The van der Waals surface area contributed by atoms with Gasteiger partial charge in [-0.2, -0.15) is 0 Å². The lowest BCUT2D eigenvalue weighted by atomic mass is 10.1. The summed E-state index contributed by atoms with van der Waals surface area (Å²) < 4.78 is 0. The maximum Gasteiger partial charge on any atom is 0.324 e. The Hall–Kier alpha value is -4.14. The summed E-state index contributed by atoms with van der Waals surface area (Å²) in [5.74, 6) is -1.42. The van der Waals surface area contributed by atoms with Crippen molar-refractivity contribution < 1.29 is 19.2 Å². The Morgan fingerprint density at radius 1 is 1.06 bits per heavy atom. The monoisotopic (exact) mass is 419 g/mol. The van der Waals surface area contributed by atoms with Crippen LogP contribution in [-0.4, -0.2) is 46.2 Å².